The molecule has 0 aliphatic carbocycles. The molecular formula is C14H21FN2O. The van der Waals surface area contributed by atoms with Gasteiger partial charge in [-0.25, -0.2) is 4.39 Å². The average molecular weight is 252 g/mol. The number of hydrogen-bond acceptors (Lipinski definition) is 2. The standard InChI is InChI=1S/C14H21FN2O/c1-9(2)17-14(18)12(8-16)7-11-4-5-13(15)10(3)6-11/h4-6,9,12H,7-8,16H2,1-3H3,(H,17,18). The van der Waals surface area contributed by atoms with Crippen LogP contribution in [0.15, 0.2) is 18.2 Å². The zero-order valence-electron chi connectivity index (χ0n) is 11.2. The Morgan fingerprint density at radius 2 is 2.11 bits per heavy atom. The van der Waals surface area contributed by atoms with Gasteiger partial charge < -0.3 is 11.1 Å². The van der Waals surface area contributed by atoms with Crippen molar-refractivity contribution in [3.05, 3.63) is 35.1 Å². The molecule has 4 heteroatoms. The largest absolute Gasteiger partial charge is 0.354 e. The molecule has 1 aromatic rings. The zero-order chi connectivity index (χ0) is 13.7. The second-order valence-corrected chi connectivity index (χ2v) is 4.88. The van der Waals surface area contributed by atoms with E-state index in [9.17, 15) is 9.18 Å². The number of benzene rings is 1. The minimum atomic E-state index is -0.266. The van der Waals surface area contributed by atoms with E-state index in [1.54, 1.807) is 19.1 Å². The first-order valence-corrected chi connectivity index (χ1v) is 6.19. The van der Waals surface area contributed by atoms with Crippen LogP contribution in [0.1, 0.15) is 25.0 Å². The Kier molecular flexibility index (Phi) is 5.28. The van der Waals surface area contributed by atoms with Crippen LogP contribution < -0.4 is 11.1 Å². The van der Waals surface area contributed by atoms with Crippen LogP contribution in [0.3, 0.4) is 0 Å². The molecule has 0 radical (unpaired) electrons. The second kappa shape index (κ2) is 6.50. The number of carbonyl (C=O) groups is 1. The molecule has 3 N–H and O–H groups in total. The SMILES string of the molecule is Cc1cc(CC(CN)C(=O)NC(C)C)ccc1F. The van der Waals surface area contributed by atoms with Gasteiger partial charge in [-0.3, -0.25) is 4.79 Å². The predicted molar refractivity (Wildman–Crippen MR) is 70.7 cm³/mol. The molecule has 1 amide bonds. The van der Waals surface area contributed by atoms with E-state index < -0.39 is 0 Å². The number of carbonyl (C=O) groups excluding carboxylic acids is 1. The molecule has 0 bridgehead atoms. The summed E-state index contributed by atoms with van der Waals surface area (Å²) in [6, 6.07) is 4.99. The summed E-state index contributed by atoms with van der Waals surface area (Å²) >= 11 is 0. The highest BCUT2D eigenvalue weighted by Gasteiger charge is 2.18. The van der Waals surface area contributed by atoms with Crippen molar-refractivity contribution in [2.45, 2.75) is 33.2 Å². The molecular weight excluding hydrogens is 231 g/mol. The number of amides is 1. The molecule has 0 saturated heterocycles. The summed E-state index contributed by atoms with van der Waals surface area (Å²) in [4.78, 5) is 11.9. The van der Waals surface area contributed by atoms with Crippen LogP contribution in [0.4, 0.5) is 4.39 Å². The van der Waals surface area contributed by atoms with Crippen LogP contribution in [0.5, 0.6) is 0 Å². The highest BCUT2D eigenvalue weighted by molar-refractivity contribution is 5.79. The van der Waals surface area contributed by atoms with E-state index in [1.807, 2.05) is 13.8 Å². The molecule has 0 saturated carbocycles. The molecule has 1 atom stereocenters. The first kappa shape index (κ1) is 14.6. The van der Waals surface area contributed by atoms with Crippen LogP contribution in [0.2, 0.25) is 0 Å². The van der Waals surface area contributed by atoms with Crippen molar-refractivity contribution >= 4 is 5.91 Å². The second-order valence-electron chi connectivity index (χ2n) is 4.88. The van der Waals surface area contributed by atoms with Crippen molar-refractivity contribution in [1.29, 1.82) is 0 Å². The summed E-state index contributed by atoms with van der Waals surface area (Å²) in [5.41, 5.74) is 7.15. The molecule has 1 rings (SSSR count). The third-order valence-corrected chi connectivity index (χ3v) is 2.79. The quantitative estimate of drug-likeness (QED) is 0.839. The highest BCUT2D eigenvalue weighted by Crippen LogP contribution is 2.13. The average Bonchev–Trinajstić information content (AvgIpc) is 2.29. The first-order chi connectivity index (χ1) is 8.43. The van der Waals surface area contributed by atoms with Crippen LogP contribution >= 0.6 is 0 Å². The number of nitrogens with one attached hydrogen (secondary N) is 1. The summed E-state index contributed by atoms with van der Waals surface area (Å²) in [6.07, 6.45) is 0.538. The van der Waals surface area contributed by atoms with Gasteiger partial charge in [-0.1, -0.05) is 12.1 Å². The van der Waals surface area contributed by atoms with Crippen LogP contribution in [-0.2, 0) is 11.2 Å². The van der Waals surface area contributed by atoms with Gasteiger partial charge in [0.05, 0.1) is 5.92 Å². The van der Waals surface area contributed by atoms with Crippen molar-refractivity contribution in [1.82, 2.24) is 5.32 Å². The molecule has 1 aromatic carbocycles. The molecule has 100 valence electrons. The monoisotopic (exact) mass is 252 g/mol. The smallest absolute Gasteiger partial charge is 0.224 e. The van der Waals surface area contributed by atoms with Crippen molar-refractivity contribution in [2.75, 3.05) is 6.54 Å². The summed E-state index contributed by atoms with van der Waals surface area (Å²) in [6.45, 7) is 5.82. The molecule has 0 aliphatic rings. The lowest BCUT2D eigenvalue weighted by Crippen LogP contribution is -2.39. The fourth-order valence-corrected chi connectivity index (χ4v) is 1.80. The fraction of sp³-hybridized carbons (Fsp3) is 0.500. The summed E-state index contributed by atoms with van der Waals surface area (Å²) in [7, 11) is 0. The maximum atomic E-state index is 13.1. The van der Waals surface area contributed by atoms with E-state index in [4.69, 9.17) is 5.73 Å². The number of halogens is 1. The summed E-state index contributed by atoms with van der Waals surface area (Å²) < 4.78 is 13.1. The minimum Gasteiger partial charge on any atom is -0.354 e. The third kappa shape index (κ3) is 4.11. The topological polar surface area (TPSA) is 55.1 Å². The van der Waals surface area contributed by atoms with Gasteiger partial charge in [0.15, 0.2) is 0 Å². The molecule has 0 aliphatic heterocycles. The molecule has 0 spiro atoms. The number of aryl methyl sites for hydroxylation is 1. The maximum Gasteiger partial charge on any atom is 0.224 e. The Labute approximate surface area is 108 Å². The van der Waals surface area contributed by atoms with Crippen LogP contribution in [-0.4, -0.2) is 18.5 Å². The summed E-state index contributed by atoms with van der Waals surface area (Å²) in [5.74, 6) is -0.540. The van der Waals surface area contributed by atoms with Gasteiger partial charge in [0, 0.05) is 12.6 Å². The zero-order valence-corrected chi connectivity index (χ0v) is 11.2. The first-order valence-electron chi connectivity index (χ1n) is 6.19. The van der Waals surface area contributed by atoms with Gasteiger partial charge in [-0.15, -0.1) is 0 Å². The van der Waals surface area contributed by atoms with Gasteiger partial charge in [0.25, 0.3) is 0 Å². The molecule has 0 heterocycles. The van der Waals surface area contributed by atoms with E-state index in [0.717, 1.165) is 5.56 Å². The van der Waals surface area contributed by atoms with Crippen LogP contribution in [0.25, 0.3) is 0 Å². The van der Waals surface area contributed by atoms with Crippen molar-refractivity contribution in [3.8, 4) is 0 Å². The fourth-order valence-electron chi connectivity index (χ4n) is 1.80. The minimum absolute atomic E-state index is 0.0468. The Balaban J connectivity index is 2.73. The van der Waals surface area contributed by atoms with Crippen LogP contribution in [0, 0.1) is 18.7 Å². The lowest BCUT2D eigenvalue weighted by Gasteiger charge is -2.17. The van der Waals surface area contributed by atoms with E-state index in [2.05, 4.69) is 5.32 Å². The Bertz CT molecular complexity index is 418. The van der Waals surface area contributed by atoms with E-state index in [0.29, 0.717) is 12.0 Å². The van der Waals surface area contributed by atoms with Gasteiger partial charge in [0.2, 0.25) is 5.91 Å². The van der Waals surface area contributed by atoms with Gasteiger partial charge in [-0.05, 0) is 44.4 Å². The molecule has 0 aromatic heterocycles. The lowest BCUT2D eigenvalue weighted by atomic mass is 9.97. The Morgan fingerprint density at radius 1 is 1.44 bits per heavy atom. The van der Waals surface area contributed by atoms with Gasteiger partial charge in [0.1, 0.15) is 5.82 Å². The van der Waals surface area contributed by atoms with Gasteiger partial charge in [-0.2, -0.15) is 0 Å². The van der Waals surface area contributed by atoms with Crippen molar-refractivity contribution in [3.63, 3.8) is 0 Å². The van der Waals surface area contributed by atoms with Crippen molar-refractivity contribution in [2.24, 2.45) is 11.7 Å². The number of hydrogen-bond donors (Lipinski definition) is 2. The van der Waals surface area contributed by atoms with Gasteiger partial charge >= 0.3 is 0 Å². The van der Waals surface area contributed by atoms with E-state index in [1.165, 1.54) is 6.07 Å². The van der Waals surface area contributed by atoms with E-state index in [-0.39, 0.29) is 30.2 Å². The van der Waals surface area contributed by atoms with E-state index >= 15 is 0 Å². The number of nitrogens with two attached hydrogens (primary N) is 1. The highest BCUT2D eigenvalue weighted by atomic mass is 19.1. The Hall–Kier alpha value is -1.42. The normalized spacial score (nSPS) is 12.6. The number of rotatable bonds is 5. The molecule has 0 fully saturated rings. The molecule has 18 heavy (non-hydrogen) atoms. The predicted octanol–water partition coefficient (Wildman–Crippen LogP) is 1.78. The Morgan fingerprint density at radius 3 is 2.61 bits per heavy atom. The lowest BCUT2D eigenvalue weighted by molar-refractivity contribution is -0.125. The maximum absolute atomic E-state index is 13.1. The van der Waals surface area contributed by atoms with Crippen molar-refractivity contribution < 1.29 is 9.18 Å². The molecule has 1 unspecified atom stereocenters. The summed E-state index contributed by atoms with van der Waals surface area (Å²) in [5, 5.41) is 2.85. The molecule has 3 nitrogen and oxygen atoms in total. The third-order valence-electron chi connectivity index (χ3n) is 2.79.